The Balaban J connectivity index is 1.37. The molecule has 1 aliphatic heterocycles. The Bertz CT molecular complexity index is 1850. The first-order valence-corrected chi connectivity index (χ1v) is 13.3. The van der Waals surface area contributed by atoms with Crippen LogP contribution in [0.4, 0.5) is 11.4 Å². The Kier molecular flexibility index (Phi) is 5.88. The normalized spacial score (nSPS) is 14.6. The van der Waals surface area contributed by atoms with E-state index >= 15 is 0 Å². The molecule has 2 aromatic heterocycles. The first-order chi connectivity index (χ1) is 18.7. The third-order valence-electron chi connectivity index (χ3n) is 6.68. The Hall–Kier alpha value is -4.63. The van der Waals surface area contributed by atoms with E-state index in [1.165, 1.54) is 15.0 Å². The molecule has 9 heteroatoms. The number of thiazole rings is 1. The molecule has 1 N–H and O–H groups in total. The summed E-state index contributed by atoms with van der Waals surface area (Å²) in [5.74, 6) is -0.288. The standard InChI is InChI=1S/C30H25N5O3S/c1-30(2,3)19-15-13-18(14-16-19)26-32-29-35(33-26)28(38)25(39-29)24-21-11-7-8-12-22(21)34(27(24)37)17-23(36)31-20-9-5-4-6-10-20/h4-16H,17H2,1-3H3,(H,31,36)/b25-24-. The number of nitrogens with one attached hydrogen (secondary N) is 1. The molecule has 0 unspecified atom stereocenters. The minimum atomic E-state index is -0.409. The van der Waals surface area contributed by atoms with Gasteiger partial charge in [-0.3, -0.25) is 19.3 Å². The maximum absolute atomic E-state index is 13.6. The predicted molar refractivity (Wildman–Crippen MR) is 153 cm³/mol. The van der Waals surface area contributed by atoms with Crippen LogP contribution in [0.5, 0.6) is 0 Å². The van der Waals surface area contributed by atoms with Crippen molar-refractivity contribution in [3.63, 3.8) is 0 Å². The minimum absolute atomic E-state index is 0.0229. The first kappa shape index (κ1) is 24.7. The molecule has 0 spiro atoms. The van der Waals surface area contributed by atoms with E-state index < -0.39 is 11.5 Å². The molecule has 39 heavy (non-hydrogen) atoms. The molecule has 0 saturated carbocycles. The van der Waals surface area contributed by atoms with Crippen molar-refractivity contribution >= 4 is 45.1 Å². The lowest BCUT2D eigenvalue weighted by Gasteiger charge is -2.18. The molecule has 1 aliphatic rings. The van der Waals surface area contributed by atoms with Crippen LogP contribution in [0.1, 0.15) is 31.9 Å². The molecule has 8 nitrogen and oxygen atoms in total. The van der Waals surface area contributed by atoms with Crippen LogP contribution in [0.2, 0.25) is 0 Å². The fourth-order valence-corrected chi connectivity index (χ4v) is 5.65. The lowest BCUT2D eigenvalue weighted by Crippen LogP contribution is -2.37. The van der Waals surface area contributed by atoms with E-state index in [1.807, 2.05) is 42.5 Å². The molecule has 0 radical (unpaired) electrons. The molecule has 3 aromatic carbocycles. The van der Waals surface area contributed by atoms with Crippen LogP contribution < -0.4 is 20.3 Å². The number of hydrogen-bond donors (Lipinski definition) is 1. The molecular formula is C30H25N5O3S. The molecule has 0 fully saturated rings. The molecule has 0 bridgehead atoms. The van der Waals surface area contributed by atoms with Gasteiger partial charge in [0.1, 0.15) is 11.1 Å². The second-order valence-corrected chi connectivity index (χ2v) is 11.4. The van der Waals surface area contributed by atoms with Gasteiger partial charge >= 0.3 is 0 Å². The van der Waals surface area contributed by atoms with Crippen molar-refractivity contribution in [3.05, 3.63) is 105 Å². The molecule has 194 valence electrons. The molecule has 0 aliphatic carbocycles. The van der Waals surface area contributed by atoms with E-state index in [4.69, 9.17) is 0 Å². The second-order valence-electron chi connectivity index (χ2n) is 10.4. The van der Waals surface area contributed by atoms with Gasteiger partial charge in [0.15, 0.2) is 5.82 Å². The van der Waals surface area contributed by atoms with Crippen LogP contribution in [-0.2, 0) is 15.0 Å². The Labute approximate surface area is 228 Å². The van der Waals surface area contributed by atoms with E-state index in [0.717, 1.165) is 16.9 Å². The van der Waals surface area contributed by atoms with Crippen molar-refractivity contribution in [2.75, 3.05) is 16.8 Å². The topological polar surface area (TPSA) is 96.7 Å². The van der Waals surface area contributed by atoms with Crippen molar-refractivity contribution in [2.24, 2.45) is 0 Å². The van der Waals surface area contributed by atoms with Crippen molar-refractivity contribution in [3.8, 4) is 11.4 Å². The molecular weight excluding hydrogens is 510 g/mol. The summed E-state index contributed by atoms with van der Waals surface area (Å²) in [4.78, 5) is 46.3. The highest BCUT2D eigenvalue weighted by molar-refractivity contribution is 7.15. The molecule has 0 saturated heterocycles. The lowest BCUT2D eigenvalue weighted by atomic mass is 9.87. The summed E-state index contributed by atoms with van der Waals surface area (Å²) in [7, 11) is 0. The SMILES string of the molecule is CC(C)(C)c1ccc(-c2nc3s/c(=C4\C(=O)N(CC(=O)Nc5ccccc5)c5ccccc54)c(=O)n3n2)cc1. The molecule has 6 rings (SSSR count). The quantitative estimate of drug-likeness (QED) is 0.375. The predicted octanol–water partition coefficient (Wildman–Crippen LogP) is 4.02. The van der Waals surface area contributed by atoms with Crippen LogP contribution in [0.25, 0.3) is 21.9 Å². The van der Waals surface area contributed by atoms with Gasteiger partial charge in [-0.15, -0.1) is 5.10 Å². The smallest absolute Gasteiger partial charge is 0.291 e. The van der Waals surface area contributed by atoms with Gasteiger partial charge in [0.25, 0.3) is 11.5 Å². The van der Waals surface area contributed by atoms with Crippen LogP contribution in [0.15, 0.2) is 83.7 Å². The number of nitrogens with zero attached hydrogens (tertiary/aromatic N) is 4. The van der Waals surface area contributed by atoms with Gasteiger partial charge in [0, 0.05) is 16.8 Å². The van der Waals surface area contributed by atoms with Crippen molar-refractivity contribution < 1.29 is 9.59 Å². The van der Waals surface area contributed by atoms with E-state index in [1.54, 1.807) is 36.4 Å². The minimum Gasteiger partial charge on any atom is -0.325 e. The maximum Gasteiger partial charge on any atom is 0.291 e. The van der Waals surface area contributed by atoms with E-state index in [-0.39, 0.29) is 28.0 Å². The largest absolute Gasteiger partial charge is 0.325 e. The van der Waals surface area contributed by atoms with E-state index in [9.17, 15) is 14.4 Å². The summed E-state index contributed by atoms with van der Waals surface area (Å²) in [6.45, 7) is 6.26. The maximum atomic E-state index is 13.6. The first-order valence-electron chi connectivity index (χ1n) is 12.5. The number of fused-ring (bicyclic) bond motifs is 2. The van der Waals surface area contributed by atoms with Gasteiger partial charge in [0.2, 0.25) is 10.9 Å². The van der Waals surface area contributed by atoms with E-state index in [2.05, 4.69) is 36.2 Å². The summed E-state index contributed by atoms with van der Waals surface area (Å²) < 4.78 is 1.50. The summed E-state index contributed by atoms with van der Waals surface area (Å²) >= 11 is 1.13. The van der Waals surface area contributed by atoms with Crippen LogP contribution in [-0.4, -0.2) is 33.0 Å². The number of benzene rings is 3. The van der Waals surface area contributed by atoms with Crippen LogP contribution >= 0.6 is 11.3 Å². The average molecular weight is 536 g/mol. The van der Waals surface area contributed by atoms with Crippen molar-refractivity contribution in [1.29, 1.82) is 0 Å². The fourth-order valence-electron chi connectivity index (χ4n) is 4.65. The average Bonchev–Trinajstić information content (AvgIpc) is 3.55. The highest BCUT2D eigenvalue weighted by Gasteiger charge is 2.35. The van der Waals surface area contributed by atoms with Gasteiger partial charge in [0.05, 0.1) is 11.3 Å². The van der Waals surface area contributed by atoms with E-state index in [0.29, 0.717) is 27.7 Å². The van der Waals surface area contributed by atoms with Gasteiger partial charge < -0.3 is 5.32 Å². The Morgan fingerprint density at radius 1 is 0.923 bits per heavy atom. The molecule has 5 aromatic rings. The highest BCUT2D eigenvalue weighted by Crippen LogP contribution is 2.35. The third kappa shape index (κ3) is 4.40. The zero-order valence-corrected chi connectivity index (χ0v) is 22.5. The Morgan fingerprint density at radius 2 is 1.62 bits per heavy atom. The number of aromatic nitrogens is 3. The molecule has 0 atom stereocenters. The highest BCUT2D eigenvalue weighted by atomic mass is 32.1. The number of amides is 2. The Morgan fingerprint density at radius 3 is 2.31 bits per heavy atom. The fraction of sp³-hybridized carbons (Fsp3) is 0.167. The van der Waals surface area contributed by atoms with Gasteiger partial charge in [-0.1, -0.05) is 92.8 Å². The van der Waals surface area contributed by atoms with Gasteiger partial charge in [-0.25, -0.2) is 0 Å². The third-order valence-corrected chi connectivity index (χ3v) is 7.71. The molecule has 3 heterocycles. The van der Waals surface area contributed by atoms with Gasteiger partial charge in [-0.05, 0) is 29.2 Å². The van der Waals surface area contributed by atoms with Gasteiger partial charge in [-0.2, -0.15) is 9.50 Å². The zero-order valence-electron chi connectivity index (χ0n) is 21.6. The van der Waals surface area contributed by atoms with Crippen LogP contribution in [0, 0.1) is 0 Å². The summed E-state index contributed by atoms with van der Waals surface area (Å²) in [5, 5.41) is 7.27. The van der Waals surface area contributed by atoms with Crippen molar-refractivity contribution in [2.45, 2.75) is 26.2 Å². The summed E-state index contributed by atoms with van der Waals surface area (Å²) in [5.41, 5.74) is 3.71. The lowest BCUT2D eigenvalue weighted by molar-refractivity contribution is -0.118. The second kappa shape index (κ2) is 9.28. The number of carbonyl (C=O) groups is 2. The number of para-hydroxylation sites is 2. The number of rotatable bonds is 4. The van der Waals surface area contributed by atoms with Crippen LogP contribution in [0.3, 0.4) is 0 Å². The number of anilines is 2. The van der Waals surface area contributed by atoms with Crippen molar-refractivity contribution in [1.82, 2.24) is 14.6 Å². The number of hydrogen-bond acceptors (Lipinski definition) is 6. The summed E-state index contributed by atoms with van der Waals surface area (Å²) in [6.07, 6.45) is 0. The summed E-state index contributed by atoms with van der Waals surface area (Å²) in [6, 6.07) is 24.2. The molecule has 2 amide bonds. The zero-order chi connectivity index (χ0) is 27.3. The number of carbonyl (C=O) groups excluding carboxylic acids is 2. The monoisotopic (exact) mass is 535 g/mol.